The van der Waals surface area contributed by atoms with E-state index < -0.39 is 5.82 Å². The molecule has 5 rings (SSSR count). The second-order valence-corrected chi connectivity index (χ2v) is 11.1. The number of nitrogens with one attached hydrogen (secondary N) is 3. The van der Waals surface area contributed by atoms with Crippen LogP contribution < -0.4 is 20.1 Å². The molecule has 1 fully saturated rings. The molecule has 1 aliphatic heterocycles. The zero-order valence-electron chi connectivity index (χ0n) is 24.1. The van der Waals surface area contributed by atoms with Gasteiger partial charge in [0.2, 0.25) is 0 Å². The highest BCUT2D eigenvalue weighted by atomic mass is 32.2. The molecule has 1 saturated heterocycles. The highest BCUT2D eigenvalue weighted by Crippen LogP contribution is 2.35. The van der Waals surface area contributed by atoms with Gasteiger partial charge in [0.15, 0.2) is 0 Å². The molecular formula is C34H35FN4O3S. The molecule has 1 heterocycles. The summed E-state index contributed by atoms with van der Waals surface area (Å²) in [5, 5.41) is 6.09. The molecule has 4 aromatic carbocycles. The van der Waals surface area contributed by atoms with E-state index in [2.05, 4.69) is 21.4 Å². The minimum Gasteiger partial charge on any atom is -0.496 e. The Balaban J connectivity index is 1.19. The van der Waals surface area contributed by atoms with E-state index in [-0.39, 0.29) is 11.8 Å². The van der Waals surface area contributed by atoms with Crippen LogP contribution >= 0.6 is 11.9 Å². The first kappa shape index (κ1) is 30.0. The standard InChI is InChI=1S/C34H35FN4O3S/c1-42-31-15-14-25(24-8-5-10-27(20-24)34(41)39-18-3-2-4-19-39)22-32(31)43-38-30-13-7-12-29(23-30)36-16-17-37-33(40)26-9-6-11-28(35)21-26/h5-15,20-23,36,38H,2-4,16-19H2,1H3,(H,37,40). The number of piperidine rings is 1. The van der Waals surface area contributed by atoms with E-state index in [0.29, 0.717) is 24.2 Å². The Morgan fingerprint density at radius 3 is 2.37 bits per heavy atom. The molecule has 4 aromatic rings. The number of halogens is 1. The number of carbonyl (C=O) groups excluding carboxylic acids is 2. The number of hydrogen-bond acceptors (Lipinski definition) is 6. The predicted octanol–water partition coefficient (Wildman–Crippen LogP) is 7.09. The molecule has 7 nitrogen and oxygen atoms in total. The predicted molar refractivity (Wildman–Crippen MR) is 171 cm³/mol. The highest BCUT2D eigenvalue weighted by Gasteiger charge is 2.18. The lowest BCUT2D eigenvalue weighted by Crippen LogP contribution is -2.35. The smallest absolute Gasteiger partial charge is 0.253 e. The number of likely N-dealkylation sites (tertiary alicyclic amines) is 1. The molecule has 43 heavy (non-hydrogen) atoms. The number of benzene rings is 4. The molecule has 1 aliphatic rings. The first-order chi connectivity index (χ1) is 21.0. The van der Waals surface area contributed by atoms with Crippen LogP contribution in [0.4, 0.5) is 15.8 Å². The minimum absolute atomic E-state index is 0.0915. The third-order valence-corrected chi connectivity index (χ3v) is 8.09. The van der Waals surface area contributed by atoms with Gasteiger partial charge in [-0.3, -0.25) is 9.59 Å². The van der Waals surface area contributed by atoms with Crippen LogP contribution in [0.25, 0.3) is 11.1 Å². The molecular weight excluding hydrogens is 563 g/mol. The van der Waals surface area contributed by atoms with E-state index >= 15 is 0 Å². The van der Waals surface area contributed by atoms with Crippen molar-refractivity contribution in [2.45, 2.75) is 24.2 Å². The summed E-state index contributed by atoms with van der Waals surface area (Å²) in [6, 6.07) is 27.3. The third-order valence-electron chi connectivity index (χ3n) is 7.22. The summed E-state index contributed by atoms with van der Waals surface area (Å²) in [5.41, 5.74) is 4.75. The third kappa shape index (κ3) is 8.08. The Morgan fingerprint density at radius 1 is 0.814 bits per heavy atom. The van der Waals surface area contributed by atoms with Gasteiger partial charge in [0.1, 0.15) is 11.6 Å². The second kappa shape index (κ2) is 14.6. The van der Waals surface area contributed by atoms with Crippen LogP contribution in [0.15, 0.2) is 95.9 Å². The molecule has 0 radical (unpaired) electrons. The van der Waals surface area contributed by atoms with Crippen molar-refractivity contribution >= 4 is 35.1 Å². The van der Waals surface area contributed by atoms with Crippen molar-refractivity contribution in [1.82, 2.24) is 10.2 Å². The SMILES string of the molecule is COc1ccc(-c2cccc(C(=O)N3CCCCC3)c2)cc1SNc1cccc(NCCNC(=O)c2cccc(F)c2)c1. The average Bonchev–Trinajstić information content (AvgIpc) is 3.06. The van der Waals surface area contributed by atoms with Gasteiger partial charge in [-0.25, -0.2) is 4.39 Å². The highest BCUT2D eigenvalue weighted by molar-refractivity contribution is 8.00. The van der Waals surface area contributed by atoms with Crippen LogP contribution in [-0.2, 0) is 0 Å². The van der Waals surface area contributed by atoms with Crippen LogP contribution in [0.2, 0.25) is 0 Å². The summed E-state index contributed by atoms with van der Waals surface area (Å²) in [6.07, 6.45) is 3.31. The molecule has 0 bridgehead atoms. The fourth-order valence-corrected chi connectivity index (χ4v) is 5.76. The van der Waals surface area contributed by atoms with Crippen molar-refractivity contribution in [1.29, 1.82) is 0 Å². The number of hydrogen-bond donors (Lipinski definition) is 3. The summed E-state index contributed by atoms with van der Waals surface area (Å²) in [4.78, 5) is 28.2. The van der Waals surface area contributed by atoms with Crippen LogP contribution in [0.1, 0.15) is 40.0 Å². The Hall–Kier alpha value is -4.50. The minimum atomic E-state index is -0.439. The Kier molecular flexibility index (Phi) is 10.2. The van der Waals surface area contributed by atoms with E-state index in [9.17, 15) is 14.0 Å². The van der Waals surface area contributed by atoms with Gasteiger partial charge in [-0.05, 0) is 103 Å². The molecule has 0 spiro atoms. The molecule has 9 heteroatoms. The summed E-state index contributed by atoms with van der Waals surface area (Å²) in [6.45, 7) is 2.53. The number of methoxy groups -OCH3 is 1. The fourth-order valence-electron chi connectivity index (χ4n) is 4.97. The van der Waals surface area contributed by atoms with Crippen LogP contribution in [0.3, 0.4) is 0 Å². The van der Waals surface area contributed by atoms with E-state index in [1.54, 1.807) is 13.2 Å². The van der Waals surface area contributed by atoms with Gasteiger partial charge in [0, 0.05) is 48.7 Å². The lowest BCUT2D eigenvalue weighted by atomic mass is 10.0. The maximum absolute atomic E-state index is 13.4. The summed E-state index contributed by atoms with van der Waals surface area (Å²) >= 11 is 1.44. The summed E-state index contributed by atoms with van der Waals surface area (Å²) in [7, 11) is 1.65. The number of nitrogens with zero attached hydrogens (tertiary/aromatic N) is 1. The number of ether oxygens (including phenoxy) is 1. The van der Waals surface area contributed by atoms with Gasteiger partial charge in [0.25, 0.3) is 11.8 Å². The molecule has 0 aliphatic carbocycles. The van der Waals surface area contributed by atoms with E-state index in [4.69, 9.17) is 4.74 Å². The zero-order chi connectivity index (χ0) is 30.0. The van der Waals surface area contributed by atoms with E-state index in [0.717, 1.165) is 59.1 Å². The average molecular weight is 599 g/mol. The van der Waals surface area contributed by atoms with Gasteiger partial charge >= 0.3 is 0 Å². The Labute approximate surface area is 256 Å². The Bertz CT molecular complexity index is 1580. The van der Waals surface area contributed by atoms with Crippen molar-refractivity contribution in [3.05, 3.63) is 108 Å². The molecule has 222 valence electrons. The van der Waals surface area contributed by atoms with Gasteiger partial charge < -0.3 is 25.0 Å². The first-order valence-electron chi connectivity index (χ1n) is 14.4. The second-order valence-electron chi connectivity index (χ2n) is 10.3. The monoisotopic (exact) mass is 598 g/mol. The van der Waals surface area contributed by atoms with Gasteiger partial charge in [0.05, 0.1) is 12.0 Å². The summed E-state index contributed by atoms with van der Waals surface area (Å²) < 4.78 is 22.4. The van der Waals surface area contributed by atoms with E-state index in [1.165, 1.54) is 36.6 Å². The topological polar surface area (TPSA) is 82.7 Å². The number of rotatable bonds is 11. The normalized spacial score (nSPS) is 12.8. The van der Waals surface area contributed by atoms with Crippen molar-refractivity contribution < 1.29 is 18.7 Å². The molecule has 0 atom stereocenters. The van der Waals surface area contributed by atoms with Gasteiger partial charge in [-0.2, -0.15) is 0 Å². The maximum atomic E-state index is 13.4. The molecule has 0 unspecified atom stereocenters. The van der Waals surface area contributed by atoms with Crippen molar-refractivity contribution in [2.24, 2.45) is 0 Å². The quantitative estimate of drug-likeness (QED) is 0.126. The van der Waals surface area contributed by atoms with Crippen LogP contribution in [0.5, 0.6) is 5.75 Å². The molecule has 0 saturated carbocycles. The maximum Gasteiger partial charge on any atom is 0.253 e. The van der Waals surface area contributed by atoms with Gasteiger partial charge in [-0.15, -0.1) is 0 Å². The van der Waals surface area contributed by atoms with Crippen LogP contribution in [0, 0.1) is 5.82 Å². The van der Waals surface area contributed by atoms with Crippen molar-refractivity contribution in [3.63, 3.8) is 0 Å². The molecule has 3 N–H and O–H groups in total. The Morgan fingerprint density at radius 2 is 1.56 bits per heavy atom. The van der Waals surface area contributed by atoms with E-state index in [1.807, 2.05) is 65.6 Å². The fraction of sp³-hybridized carbons (Fsp3) is 0.235. The van der Waals surface area contributed by atoms with Gasteiger partial charge in [-0.1, -0.05) is 30.3 Å². The number of amides is 2. The first-order valence-corrected chi connectivity index (χ1v) is 15.2. The molecule has 2 amide bonds. The summed E-state index contributed by atoms with van der Waals surface area (Å²) in [5.74, 6) is 0.0785. The lowest BCUT2D eigenvalue weighted by molar-refractivity contribution is 0.0724. The lowest BCUT2D eigenvalue weighted by Gasteiger charge is -2.26. The van der Waals surface area contributed by atoms with Crippen LogP contribution in [-0.4, -0.2) is 50.0 Å². The van der Waals surface area contributed by atoms with Crippen molar-refractivity contribution in [3.8, 4) is 16.9 Å². The van der Waals surface area contributed by atoms with Crippen molar-refractivity contribution in [2.75, 3.05) is 43.3 Å². The molecule has 0 aromatic heterocycles. The number of anilines is 2. The number of carbonyl (C=O) groups is 2. The zero-order valence-corrected chi connectivity index (χ0v) is 24.9. The largest absolute Gasteiger partial charge is 0.496 e.